The summed E-state index contributed by atoms with van der Waals surface area (Å²) in [6, 6.07) is 16.4. The van der Waals surface area contributed by atoms with E-state index in [1.165, 1.54) is 0 Å². The number of nitrogens with zero attached hydrogens (tertiary/aromatic N) is 2. The van der Waals surface area contributed by atoms with Gasteiger partial charge in [0.1, 0.15) is 5.75 Å². The molecule has 1 aromatic heterocycles. The van der Waals surface area contributed by atoms with Crippen LogP contribution in [0.4, 0.5) is 13.2 Å². The number of fused-ring (bicyclic) bond motifs is 1. The molecule has 1 N–H and O–H groups in total. The summed E-state index contributed by atoms with van der Waals surface area (Å²) < 4.78 is 41.1. The van der Waals surface area contributed by atoms with E-state index in [0.29, 0.717) is 6.54 Å². The zero-order valence-electron chi connectivity index (χ0n) is 15.2. The van der Waals surface area contributed by atoms with E-state index in [2.05, 4.69) is 9.47 Å². The minimum atomic E-state index is -4.35. The van der Waals surface area contributed by atoms with Crippen LogP contribution in [0.2, 0.25) is 0 Å². The largest absolute Gasteiger partial charge is 0.508 e. The van der Waals surface area contributed by atoms with Crippen LogP contribution in [0.3, 0.4) is 0 Å². The minimum absolute atomic E-state index is 0.181. The van der Waals surface area contributed by atoms with Gasteiger partial charge in [-0.3, -0.25) is 4.90 Å². The Kier molecular flexibility index (Phi) is 4.89. The highest BCUT2D eigenvalue weighted by molar-refractivity contribution is 5.35. The number of rotatable bonds is 3. The number of alkyl halides is 3. The molecule has 0 bridgehead atoms. The fourth-order valence-corrected chi connectivity index (χ4v) is 3.91. The molecule has 3 aromatic rings. The number of aromatic hydroxyl groups is 1. The quantitative estimate of drug-likeness (QED) is 0.670. The number of halogens is 3. The first-order valence-corrected chi connectivity index (χ1v) is 9.26. The van der Waals surface area contributed by atoms with E-state index in [1.54, 1.807) is 24.3 Å². The van der Waals surface area contributed by atoms with Crippen molar-refractivity contribution in [3.8, 4) is 5.75 Å². The smallest absolute Gasteiger partial charge is 0.416 e. The van der Waals surface area contributed by atoms with Gasteiger partial charge < -0.3 is 9.67 Å². The van der Waals surface area contributed by atoms with E-state index in [4.69, 9.17) is 0 Å². The average Bonchev–Trinajstić information content (AvgIpc) is 3.04. The first-order chi connectivity index (χ1) is 13.4. The predicted molar refractivity (Wildman–Crippen MR) is 101 cm³/mol. The molecule has 0 aliphatic carbocycles. The van der Waals surface area contributed by atoms with Gasteiger partial charge in [-0.15, -0.1) is 0 Å². The van der Waals surface area contributed by atoms with Crippen LogP contribution < -0.4 is 0 Å². The zero-order chi connectivity index (χ0) is 19.7. The Morgan fingerprint density at radius 3 is 2.39 bits per heavy atom. The Bertz CT molecular complexity index is 947. The Balaban J connectivity index is 1.73. The van der Waals surface area contributed by atoms with Gasteiger partial charge in [-0.25, -0.2) is 0 Å². The van der Waals surface area contributed by atoms with Crippen molar-refractivity contribution in [3.05, 3.63) is 89.2 Å². The summed E-state index contributed by atoms with van der Waals surface area (Å²) >= 11 is 0. The second-order valence-electron chi connectivity index (χ2n) is 7.10. The Morgan fingerprint density at radius 1 is 0.929 bits per heavy atom. The van der Waals surface area contributed by atoms with Crippen molar-refractivity contribution in [1.29, 1.82) is 0 Å². The summed E-state index contributed by atoms with van der Waals surface area (Å²) in [5.74, 6) is 0.230. The van der Waals surface area contributed by atoms with Crippen LogP contribution in [-0.2, 0) is 19.3 Å². The highest BCUT2D eigenvalue weighted by Gasteiger charge is 2.32. The first kappa shape index (κ1) is 18.6. The molecule has 0 amide bonds. The molecule has 0 fully saturated rings. The molecule has 4 rings (SSSR count). The fourth-order valence-electron chi connectivity index (χ4n) is 3.91. The highest BCUT2D eigenvalue weighted by Crippen LogP contribution is 2.36. The number of phenols is 1. The molecule has 0 radical (unpaired) electrons. The van der Waals surface area contributed by atoms with E-state index in [-0.39, 0.29) is 11.8 Å². The van der Waals surface area contributed by atoms with Gasteiger partial charge in [0, 0.05) is 37.1 Å². The van der Waals surface area contributed by atoms with E-state index < -0.39 is 11.7 Å². The summed E-state index contributed by atoms with van der Waals surface area (Å²) in [5, 5.41) is 10.2. The lowest BCUT2D eigenvalue weighted by molar-refractivity contribution is -0.137. The number of benzene rings is 2. The zero-order valence-corrected chi connectivity index (χ0v) is 15.2. The molecule has 146 valence electrons. The van der Waals surface area contributed by atoms with E-state index in [9.17, 15) is 18.3 Å². The molecule has 1 unspecified atom stereocenters. The monoisotopic (exact) mass is 386 g/mol. The van der Waals surface area contributed by atoms with Crippen molar-refractivity contribution in [1.82, 2.24) is 9.47 Å². The van der Waals surface area contributed by atoms with Crippen molar-refractivity contribution in [3.63, 3.8) is 0 Å². The van der Waals surface area contributed by atoms with Gasteiger partial charge in [0.25, 0.3) is 0 Å². The third kappa shape index (κ3) is 3.64. The SMILES string of the molecule is Oc1ccccc1CN1CCCn2cccc2C1c1ccc(C(F)(F)F)cc1. The van der Waals surface area contributed by atoms with Crippen molar-refractivity contribution in [2.75, 3.05) is 6.54 Å². The molecule has 0 spiro atoms. The molecule has 1 aliphatic heterocycles. The molecular weight excluding hydrogens is 365 g/mol. The molecule has 0 saturated heterocycles. The maximum Gasteiger partial charge on any atom is 0.416 e. The van der Waals surface area contributed by atoms with Gasteiger partial charge in [0.15, 0.2) is 0 Å². The van der Waals surface area contributed by atoms with Crippen molar-refractivity contribution in [2.24, 2.45) is 0 Å². The van der Waals surface area contributed by atoms with Crippen molar-refractivity contribution >= 4 is 0 Å². The van der Waals surface area contributed by atoms with Gasteiger partial charge >= 0.3 is 6.18 Å². The second-order valence-corrected chi connectivity index (χ2v) is 7.10. The van der Waals surface area contributed by atoms with Crippen LogP contribution in [0.15, 0.2) is 66.9 Å². The lowest BCUT2D eigenvalue weighted by Crippen LogP contribution is -2.29. The first-order valence-electron chi connectivity index (χ1n) is 9.26. The second kappa shape index (κ2) is 7.36. The number of para-hydroxylation sites is 1. The van der Waals surface area contributed by atoms with Crippen LogP contribution in [0.1, 0.15) is 34.8 Å². The number of aryl methyl sites for hydroxylation is 1. The van der Waals surface area contributed by atoms with Crippen LogP contribution in [0.25, 0.3) is 0 Å². The number of aromatic nitrogens is 1. The molecule has 1 atom stereocenters. The molecule has 0 saturated carbocycles. The number of hydrogen-bond acceptors (Lipinski definition) is 2. The molecule has 3 nitrogen and oxygen atoms in total. The minimum Gasteiger partial charge on any atom is -0.508 e. The Hall–Kier alpha value is -2.73. The third-order valence-electron chi connectivity index (χ3n) is 5.27. The summed E-state index contributed by atoms with van der Waals surface area (Å²) in [4.78, 5) is 2.22. The molecular formula is C22H21F3N2O. The van der Waals surface area contributed by atoms with Gasteiger partial charge in [0.2, 0.25) is 0 Å². The van der Waals surface area contributed by atoms with Crippen LogP contribution in [-0.4, -0.2) is 21.1 Å². The standard InChI is InChI=1S/C22H21F3N2O/c23-22(24,25)18-10-8-16(9-11-18)21-19-6-3-12-26(19)13-4-14-27(21)15-17-5-1-2-7-20(17)28/h1-3,5-12,21,28H,4,13-15H2. The maximum atomic E-state index is 13.0. The molecule has 6 heteroatoms. The van der Waals surface area contributed by atoms with Crippen LogP contribution >= 0.6 is 0 Å². The van der Waals surface area contributed by atoms with Gasteiger partial charge in [-0.2, -0.15) is 13.2 Å². The van der Waals surface area contributed by atoms with Crippen LogP contribution in [0.5, 0.6) is 5.75 Å². The number of hydrogen-bond donors (Lipinski definition) is 1. The van der Waals surface area contributed by atoms with Crippen molar-refractivity contribution < 1.29 is 18.3 Å². The van der Waals surface area contributed by atoms with Gasteiger partial charge in [0.05, 0.1) is 11.6 Å². The maximum absolute atomic E-state index is 13.0. The molecule has 2 heterocycles. The van der Waals surface area contributed by atoms with Crippen LogP contribution in [0, 0.1) is 0 Å². The lowest BCUT2D eigenvalue weighted by Gasteiger charge is -2.31. The highest BCUT2D eigenvalue weighted by atomic mass is 19.4. The average molecular weight is 386 g/mol. The number of phenolic OH excluding ortho intramolecular Hbond substituents is 1. The van der Waals surface area contributed by atoms with E-state index >= 15 is 0 Å². The normalized spacial score (nSPS) is 17.9. The third-order valence-corrected chi connectivity index (χ3v) is 5.27. The molecule has 2 aromatic carbocycles. The summed E-state index contributed by atoms with van der Waals surface area (Å²) in [5.41, 5.74) is 2.02. The predicted octanol–water partition coefficient (Wildman–Crippen LogP) is 5.21. The Labute approximate surface area is 161 Å². The topological polar surface area (TPSA) is 28.4 Å². The van der Waals surface area contributed by atoms with E-state index in [0.717, 1.165) is 48.5 Å². The summed E-state index contributed by atoms with van der Waals surface area (Å²) in [6.45, 7) is 2.15. The van der Waals surface area contributed by atoms with Gasteiger partial charge in [-0.05, 0) is 42.3 Å². The summed E-state index contributed by atoms with van der Waals surface area (Å²) in [7, 11) is 0. The fraction of sp³-hybridized carbons (Fsp3) is 0.273. The summed E-state index contributed by atoms with van der Waals surface area (Å²) in [6.07, 6.45) is -1.42. The lowest BCUT2D eigenvalue weighted by atomic mass is 9.99. The Morgan fingerprint density at radius 2 is 1.68 bits per heavy atom. The molecule has 1 aliphatic rings. The van der Waals surface area contributed by atoms with Gasteiger partial charge in [-0.1, -0.05) is 30.3 Å². The van der Waals surface area contributed by atoms with E-state index in [1.807, 2.05) is 30.5 Å². The molecule has 28 heavy (non-hydrogen) atoms. The van der Waals surface area contributed by atoms with Crippen molar-refractivity contribution in [2.45, 2.75) is 31.7 Å².